The lowest BCUT2D eigenvalue weighted by atomic mass is 9.90. The van der Waals surface area contributed by atoms with Gasteiger partial charge < -0.3 is 15.0 Å². The lowest BCUT2D eigenvalue weighted by molar-refractivity contribution is -0.160. The van der Waals surface area contributed by atoms with Gasteiger partial charge in [-0.15, -0.1) is 4.79 Å². The summed E-state index contributed by atoms with van der Waals surface area (Å²) >= 11 is 0. The molecule has 0 aromatic heterocycles. The van der Waals surface area contributed by atoms with Gasteiger partial charge in [0.1, 0.15) is 6.61 Å². The highest BCUT2D eigenvalue weighted by atomic mass is 31.2. The molecule has 1 heterocycles. The summed E-state index contributed by atoms with van der Waals surface area (Å²) in [5.74, 6) is -2.02. The van der Waals surface area contributed by atoms with Crippen LogP contribution in [0.5, 0.6) is 0 Å². The van der Waals surface area contributed by atoms with E-state index in [2.05, 4.69) is 4.79 Å². The SMILES string of the molecule is C/C=C/COP(=O)(OC/C=C/C)C(=[N+]=[N-])C(=O)O[C@H]1C(=O)OCC1(C)C. The third-order valence-corrected chi connectivity index (χ3v) is 5.19. The molecule has 1 aliphatic rings. The van der Waals surface area contributed by atoms with Crippen molar-refractivity contribution in [2.75, 3.05) is 19.8 Å². The van der Waals surface area contributed by atoms with Crippen LogP contribution in [0.15, 0.2) is 24.3 Å². The molecule has 1 fully saturated rings. The summed E-state index contributed by atoms with van der Waals surface area (Å²) in [6.45, 7) is 6.53. The topological polar surface area (TPSA) is 125 Å². The highest BCUT2D eigenvalue weighted by molar-refractivity contribution is 7.74. The molecule has 1 aliphatic heterocycles. The van der Waals surface area contributed by atoms with Gasteiger partial charge >= 0.3 is 25.0 Å². The van der Waals surface area contributed by atoms with Crippen LogP contribution in [0.4, 0.5) is 0 Å². The molecule has 0 saturated carbocycles. The predicted molar refractivity (Wildman–Crippen MR) is 92.4 cm³/mol. The summed E-state index contributed by atoms with van der Waals surface area (Å²) in [6.07, 6.45) is 5.11. The monoisotopic (exact) mass is 386 g/mol. The molecule has 0 aromatic carbocycles. The minimum Gasteiger partial charge on any atom is -0.462 e. The molecule has 1 saturated heterocycles. The van der Waals surface area contributed by atoms with Crippen LogP contribution >= 0.6 is 7.60 Å². The zero-order valence-corrected chi connectivity index (χ0v) is 16.1. The Morgan fingerprint density at radius 3 is 2.23 bits per heavy atom. The normalized spacial score (nSPS) is 19.5. The van der Waals surface area contributed by atoms with Crippen LogP contribution in [0.1, 0.15) is 27.7 Å². The fraction of sp³-hybridized carbons (Fsp3) is 0.562. The van der Waals surface area contributed by atoms with E-state index in [4.69, 9.17) is 18.5 Å². The molecule has 144 valence electrons. The summed E-state index contributed by atoms with van der Waals surface area (Å²) in [4.78, 5) is 26.9. The van der Waals surface area contributed by atoms with Crippen molar-refractivity contribution in [3.8, 4) is 0 Å². The number of esters is 2. The largest absolute Gasteiger partial charge is 0.484 e. The predicted octanol–water partition coefficient (Wildman–Crippen LogP) is 2.49. The first-order valence-corrected chi connectivity index (χ1v) is 9.47. The molecule has 0 amide bonds. The summed E-state index contributed by atoms with van der Waals surface area (Å²) < 4.78 is 33.2. The summed E-state index contributed by atoms with van der Waals surface area (Å²) in [7, 11) is -4.29. The molecular formula is C16H23N2O7P. The van der Waals surface area contributed by atoms with Gasteiger partial charge in [0.05, 0.1) is 13.2 Å². The van der Waals surface area contributed by atoms with Gasteiger partial charge in [0.2, 0.25) is 6.10 Å². The molecule has 0 aromatic rings. The Morgan fingerprint density at radius 2 is 1.85 bits per heavy atom. The average Bonchev–Trinajstić information content (AvgIpc) is 2.83. The quantitative estimate of drug-likeness (QED) is 0.149. The highest BCUT2D eigenvalue weighted by Crippen LogP contribution is 2.49. The zero-order valence-electron chi connectivity index (χ0n) is 15.2. The van der Waals surface area contributed by atoms with Crippen LogP contribution in [0.25, 0.3) is 5.53 Å². The van der Waals surface area contributed by atoms with Crippen LogP contribution in [0.2, 0.25) is 0 Å². The maximum absolute atomic E-state index is 12.9. The number of ether oxygens (including phenoxy) is 2. The van der Waals surface area contributed by atoms with Gasteiger partial charge in [-0.25, -0.2) is 14.2 Å². The van der Waals surface area contributed by atoms with Crippen molar-refractivity contribution < 1.29 is 37.5 Å². The molecule has 0 N–H and O–H groups in total. The smallest absolute Gasteiger partial charge is 0.462 e. The van der Waals surface area contributed by atoms with E-state index in [0.29, 0.717) is 0 Å². The van der Waals surface area contributed by atoms with Crippen molar-refractivity contribution in [3.05, 3.63) is 29.8 Å². The first-order valence-electron chi connectivity index (χ1n) is 7.93. The van der Waals surface area contributed by atoms with Crippen molar-refractivity contribution in [2.45, 2.75) is 33.8 Å². The fourth-order valence-corrected chi connectivity index (χ4v) is 3.21. The molecule has 0 radical (unpaired) electrons. The standard InChI is InChI=1S/C16H23N2O7P/c1-5-7-9-23-26(21,24-10-8-6-2)13(18-17)15(20)25-12-14(19)22-11-16(12,3)4/h5-8,12H,9-11H2,1-4H3/b7-5+,8-6+/t12-/m0/s1. The van der Waals surface area contributed by atoms with Crippen LogP contribution in [0, 0.1) is 5.41 Å². The minimum atomic E-state index is -4.29. The van der Waals surface area contributed by atoms with Gasteiger partial charge in [0.15, 0.2) is 0 Å². The maximum atomic E-state index is 12.9. The van der Waals surface area contributed by atoms with Gasteiger partial charge in [-0.3, -0.25) is 9.05 Å². The van der Waals surface area contributed by atoms with Gasteiger partial charge in [-0.2, -0.15) is 0 Å². The molecule has 10 heteroatoms. The van der Waals surface area contributed by atoms with Gasteiger partial charge in [0, 0.05) is 5.41 Å². The summed E-state index contributed by atoms with van der Waals surface area (Å²) in [5.41, 5.74) is 7.49. The van der Waals surface area contributed by atoms with E-state index < -0.39 is 36.5 Å². The molecular weight excluding hydrogens is 363 g/mol. The summed E-state index contributed by atoms with van der Waals surface area (Å²) in [5, 5.41) is 0. The van der Waals surface area contributed by atoms with Crippen molar-refractivity contribution in [1.82, 2.24) is 0 Å². The lowest BCUT2D eigenvalue weighted by Crippen LogP contribution is -2.37. The van der Waals surface area contributed by atoms with Crippen LogP contribution in [-0.2, 0) is 32.7 Å². The first-order chi connectivity index (χ1) is 12.2. The van der Waals surface area contributed by atoms with Crippen molar-refractivity contribution >= 4 is 25.0 Å². The van der Waals surface area contributed by atoms with Crippen molar-refractivity contribution in [3.63, 3.8) is 0 Å². The number of carbonyl (C=O) groups excluding carboxylic acids is 2. The molecule has 26 heavy (non-hydrogen) atoms. The minimum absolute atomic E-state index is 0.0582. The zero-order chi connectivity index (χ0) is 19.8. The number of rotatable bonds is 9. The third-order valence-electron chi connectivity index (χ3n) is 3.42. The second kappa shape index (κ2) is 9.59. The molecule has 0 spiro atoms. The first kappa shape index (κ1) is 22.0. The van der Waals surface area contributed by atoms with Crippen LogP contribution < -0.4 is 0 Å². The molecule has 0 bridgehead atoms. The number of carbonyl (C=O) groups is 2. The Labute approximate surface area is 152 Å². The second-order valence-corrected chi connectivity index (χ2v) is 7.97. The third kappa shape index (κ3) is 5.47. The number of nitrogens with zero attached hydrogens (tertiary/aromatic N) is 2. The Kier molecular flexibility index (Phi) is 8.11. The Balaban J connectivity index is 3.04. The van der Waals surface area contributed by atoms with Crippen molar-refractivity contribution in [2.24, 2.45) is 5.41 Å². The molecule has 1 rings (SSSR count). The van der Waals surface area contributed by atoms with E-state index in [0.717, 1.165) is 0 Å². The number of hydrogen-bond donors (Lipinski definition) is 0. The van der Waals surface area contributed by atoms with Gasteiger partial charge in [0.25, 0.3) is 0 Å². The number of cyclic esters (lactones) is 1. The molecule has 0 unspecified atom stereocenters. The van der Waals surface area contributed by atoms with E-state index in [1.54, 1.807) is 39.8 Å². The maximum Gasteiger partial charge on any atom is 0.484 e. The number of allylic oxidation sites excluding steroid dienone is 2. The Bertz CT molecular complexity index is 673. The molecule has 0 aliphatic carbocycles. The van der Waals surface area contributed by atoms with E-state index >= 15 is 0 Å². The number of hydrogen-bond acceptors (Lipinski definition) is 7. The highest BCUT2D eigenvalue weighted by Gasteiger charge is 2.52. The Morgan fingerprint density at radius 1 is 1.31 bits per heavy atom. The van der Waals surface area contributed by atoms with Gasteiger partial charge in [-0.05, 0) is 13.8 Å². The lowest BCUT2D eigenvalue weighted by Gasteiger charge is -2.21. The Hall–Kier alpha value is -2.05. The average molecular weight is 386 g/mol. The molecule has 1 atom stereocenters. The van der Waals surface area contributed by atoms with E-state index in [-0.39, 0.29) is 19.8 Å². The van der Waals surface area contributed by atoms with Gasteiger partial charge in [-0.1, -0.05) is 38.2 Å². The second-order valence-electron chi connectivity index (χ2n) is 6.03. The fourth-order valence-electron chi connectivity index (χ4n) is 1.94. The molecule has 9 nitrogen and oxygen atoms in total. The van der Waals surface area contributed by atoms with Crippen LogP contribution in [0.3, 0.4) is 0 Å². The summed E-state index contributed by atoms with van der Waals surface area (Å²) in [6, 6.07) is 0. The van der Waals surface area contributed by atoms with E-state index in [1.807, 2.05) is 0 Å². The van der Waals surface area contributed by atoms with Crippen molar-refractivity contribution in [1.29, 1.82) is 0 Å². The van der Waals surface area contributed by atoms with E-state index in [9.17, 15) is 19.7 Å². The van der Waals surface area contributed by atoms with Crippen LogP contribution in [-0.4, -0.2) is 48.1 Å². The van der Waals surface area contributed by atoms with E-state index in [1.165, 1.54) is 12.2 Å².